The number of ether oxygens (including phenoxy) is 1. The van der Waals surface area contributed by atoms with Crippen molar-refractivity contribution in [3.8, 4) is 5.75 Å². The maximum absolute atomic E-state index is 13.7. The topological polar surface area (TPSA) is 21.3 Å². The highest BCUT2D eigenvalue weighted by Crippen LogP contribution is 2.31. The van der Waals surface area contributed by atoms with E-state index in [1.807, 2.05) is 19.2 Å². The fourth-order valence-electron chi connectivity index (χ4n) is 2.20. The summed E-state index contributed by atoms with van der Waals surface area (Å²) in [6, 6.07) is 5.40. The number of hydrogen-bond donors (Lipinski definition) is 1. The van der Waals surface area contributed by atoms with Gasteiger partial charge in [0, 0.05) is 6.04 Å². The Bertz CT molecular complexity index is 401. The zero-order chi connectivity index (χ0) is 13.1. The molecule has 1 fully saturated rings. The van der Waals surface area contributed by atoms with Crippen molar-refractivity contribution in [3.63, 3.8) is 0 Å². The van der Waals surface area contributed by atoms with Crippen molar-refractivity contribution < 1.29 is 9.13 Å². The molecule has 1 aromatic rings. The highest BCUT2D eigenvalue weighted by Gasteiger charge is 2.23. The lowest BCUT2D eigenvalue weighted by Gasteiger charge is -2.21. The molecule has 2 nitrogen and oxygen atoms in total. The summed E-state index contributed by atoms with van der Waals surface area (Å²) < 4.78 is 19.2. The van der Waals surface area contributed by atoms with Crippen molar-refractivity contribution in [2.45, 2.75) is 32.7 Å². The summed E-state index contributed by atoms with van der Waals surface area (Å²) in [5.74, 6) is 1.22. The molecule has 1 atom stereocenters. The molecule has 0 radical (unpaired) electrons. The lowest BCUT2D eigenvalue weighted by atomic mass is 9.96. The van der Waals surface area contributed by atoms with Gasteiger partial charge in [-0.15, -0.1) is 0 Å². The van der Waals surface area contributed by atoms with E-state index in [1.165, 1.54) is 18.9 Å². The van der Waals surface area contributed by atoms with E-state index in [2.05, 4.69) is 19.2 Å². The summed E-state index contributed by atoms with van der Waals surface area (Å²) in [4.78, 5) is 0. The van der Waals surface area contributed by atoms with Gasteiger partial charge in [-0.05, 0) is 49.4 Å². The van der Waals surface area contributed by atoms with Gasteiger partial charge in [0.15, 0.2) is 11.6 Å². The van der Waals surface area contributed by atoms with Crippen molar-refractivity contribution >= 4 is 0 Å². The normalized spacial score (nSPS) is 16.9. The molecule has 100 valence electrons. The van der Waals surface area contributed by atoms with Crippen LogP contribution in [0.15, 0.2) is 18.2 Å². The van der Waals surface area contributed by atoms with Crippen LogP contribution in [0.1, 0.15) is 38.3 Å². The molecule has 0 aromatic heterocycles. The zero-order valence-electron chi connectivity index (χ0n) is 11.4. The molecule has 0 spiro atoms. The van der Waals surface area contributed by atoms with Crippen LogP contribution in [0.3, 0.4) is 0 Å². The second-order valence-corrected chi connectivity index (χ2v) is 5.45. The first-order valence-electron chi connectivity index (χ1n) is 6.71. The first kappa shape index (κ1) is 13.3. The first-order valence-corrected chi connectivity index (χ1v) is 6.71. The van der Waals surface area contributed by atoms with Gasteiger partial charge in [0.05, 0.1) is 6.61 Å². The van der Waals surface area contributed by atoms with Crippen LogP contribution >= 0.6 is 0 Å². The van der Waals surface area contributed by atoms with Gasteiger partial charge >= 0.3 is 0 Å². The summed E-state index contributed by atoms with van der Waals surface area (Å²) in [5, 5.41) is 3.26. The Balaban J connectivity index is 2.12. The quantitative estimate of drug-likeness (QED) is 0.835. The fourth-order valence-corrected chi connectivity index (χ4v) is 2.20. The fraction of sp³-hybridized carbons (Fsp3) is 0.600. The molecule has 1 saturated carbocycles. The van der Waals surface area contributed by atoms with Gasteiger partial charge in [-0.1, -0.05) is 19.9 Å². The van der Waals surface area contributed by atoms with Crippen LogP contribution < -0.4 is 10.1 Å². The first-order chi connectivity index (χ1) is 8.61. The van der Waals surface area contributed by atoms with E-state index >= 15 is 0 Å². The molecule has 0 aliphatic heterocycles. The predicted octanol–water partition coefficient (Wildman–Crippen LogP) is 3.53. The predicted molar refractivity (Wildman–Crippen MR) is 71.3 cm³/mol. The van der Waals surface area contributed by atoms with Crippen LogP contribution in [0.5, 0.6) is 5.75 Å². The van der Waals surface area contributed by atoms with Crippen molar-refractivity contribution in [1.29, 1.82) is 0 Å². The van der Waals surface area contributed by atoms with Crippen LogP contribution in [0.4, 0.5) is 4.39 Å². The molecule has 3 heteroatoms. The van der Waals surface area contributed by atoms with Gasteiger partial charge in [0.2, 0.25) is 0 Å². The molecule has 1 aliphatic carbocycles. The van der Waals surface area contributed by atoms with Crippen LogP contribution in [0.2, 0.25) is 0 Å². The van der Waals surface area contributed by atoms with Crippen LogP contribution in [-0.2, 0) is 0 Å². The highest BCUT2D eigenvalue weighted by atomic mass is 19.1. The summed E-state index contributed by atoms with van der Waals surface area (Å²) in [6.07, 6.45) is 2.43. The van der Waals surface area contributed by atoms with E-state index in [0.29, 0.717) is 24.2 Å². The third-order valence-electron chi connectivity index (χ3n) is 3.46. The SMILES string of the molecule is CNC(c1ccc(F)c(OCC2CC2)c1)C(C)C. The van der Waals surface area contributed by atoms with Crippen molar-refractivity contribution in [2.75, 3.05) is 13.7 Å². The van der Waals surface area contributed by atoms with E-state index in [0.717, 1.165) is 5.56 Å². The number of nitrogens with one attached hydrogen (secondary N) is 1. The molecular formula is C15H22FNO. The van der Waals surface area contributed by atoms with Crippen LogP contribution in [0.25, 0.3) is 0 Å². The minimum absolute atomic E-state index is 0.230. The lowest BCUT2D eigenvalue weighted by molar-refractivity contribution is 0.284. The van der Waals surface area contributed by atoms with Crippen LogP contribution in [-0.4, -0.2) is 13.7 Å². The molecule has 0 heterocycles. The zero-order valence-corrected chi connectivity index (χ0v) is 11.4. The van der Waals surface area contributed by atoms with Crippen molar-refractivity contribution in [1.82, 2.24) is 5.32 Å². The summed E-state index contributed by atoms with van der Waals surface area (Å²) in [7, 11) is 1.93. The molecule has 0 bridgehead atoms. The molecule has 2 rings (SSSR count). The maximum Gasteiger partial charge on any atom is 0.165 e. The molecule has 0 saturated heterocycles. The molecule has 1 unspecified atom stereocenters. The van der Waals surface area contributed by atoms with Gasteiger partial charge in [0.25, 0.3) is 0 Å². The minimum atomic E-state index is -0.266. The molecule has 0 amide bonds. The van der Waals surface area contributed by atoms with Gasteiger partial charge < -0.3 is 10.1 Å². The van der Waals surface area contributed by atoms with Gasteiger partial charge in [-0.2, -0.15) is 0 Å². The number of hydrogen-bond acceptors (Lipinski definition) is 2. The van der Waals surface area contributed by atoms with Gasteiger partial charge in [0.1, 0.15) is 0 Å². The number of benzene rings is 1. The summed E-state index contributed by atoms with van der Waals surface area (Å²) in [6.45, 7) is 4.94. The second-order valence-electron chi connectivity index (χ2n) is 5.45. The lowest BCUT2D eigenvalue weighted by Crippen LogP contribution is -2.21. The Kier molecular flexibility index (Phi) is 4.23. The monoisotopic (exact) mass is 251 g/mol. The highest BCUT2D eigenvalue weighted by molar-refractivity contribution is 5.32. The second kappa shape index (κ2) is 5.70. The molecule has 1 aliphatic rings. The standard InChI is InChI=1S/C15H22FNO/c1-10(2)15(17-3)12-6-7-13(16)14(8-12)18-9-11-4-5-11/h6-8,10-11,15,17H,4-5,9H2,1-3H3. The van der Waals surface area contributed by atoms with E-state index in [4.69, 9.17) is 4.74 Å². The van der Waals surface area contributed by atoms with E-state index in [9.17, 15) is 4.39 Å². The Labute approximate surface area is 109 Å². The molecule has 1 aromatic carbocycles. The molecule has 18 heavy (non-hydrogen) atoms. The molecule has 1 N–H and O–H groups in total. The van der Waals surface area contributed by atoms with Crippen LogP contribution in [0, 0.1) is 17.7 Å². The average molecular weight is 251 g/mol. The third kappa shape index (κ3) is 3.22. The summed E-state index contributed by atoms with van der Waals surface area (Å²) in [5.41, 5.74) is 1.08. The Hall–Kier alpha value is -1.09. The van der Waals surface area contributed by atoms with Crippen molar-refractivity contribution in [3.05, 3.63) is 29.6 Å². The minimum Gasteiger partial charge on any atom is -0.490 e. The van der Waals surface area contributed by atoms with Crippen molar-refractivity contribution in [2.24, 2.45) is 11.8 Å². The Morgan fingerprint density at radius 3 is 2.67 bits per heavy atom. The smallest absolute Gasteiger partial charge is 0.165 e. The number of halogens is 1. The van der Waals surface area contributed by atoms with E-state index in [1.54, 1.807) is 0 Å². The van der Waals surface area contributed by atoms with E-state index < -0.39 is 0 Å². The Morgan fingerprint density at radius 1 is 1.39 bits per heavy atom. The van der Waals surface area contributed by atoms with E-state index in [-0.39, 0.29) is 11.9 Å². The largest absolute Gasteiger partial charge is 0.490 e. The van der Waals surface area contributed by atoms with Gasteiger partial charge in [-0.3, -0.25) is 0 Å². The maximum atomic E-state index is 13.7. The molecular weight excluding hydrogens is 229 g/mol. The van der Waals surface area contributed by atoms with Gasteiger partial charge in [-0.25, -0.2) is 4.39 Å². The Morgan fingerprint density at radius 2 is 2.11 bits per heavy atom. The average Bonchev–Trinajstić information content (AvgIpc) is 3.14. The number of rotatable bonds is 6. The summed E-state index contributed by atoms with van der Waals surface area (Å²) >= 11 is 0. The third-order valence-corrected chi connectivity index (χ3v) is 3.46.